The van der Waals surface area contributed by atoms with Gasteiger partial charge in [0.05, 0.1) is 5.69 Å². The van der Waals surface area contributed by atoms with E-state index < -0.39 is 11.2 Å². The summed E-state index contributed by atoms with van der Waals surface area (Å²) in [5.41, 5.74) is 10.3. The van der Waals surface area contributed by atoms with Gasteiger partial charge in [0.25, 0.3) is 4.21 Å². The molecule has 0 spiro atoms. The maximum atomic E-state index is 10.7. The molecular weight excluding hydrogens is 408 g/mol. The molecule has 4 nitrogen and oxygen atoms in total. The van der Waals surface area contributed by atoms with Crippen LogP contribution in [0.5, 0.6) is 0 Å². The molecule has 0 amide bonds. The summed E-state index contributed by atoms with van der Waals surface area (Å²) in [5, 5.41) is 9.93. The van der Waals surface area contributed by atoms with Crippen LogP contribution in [0.2, 0.25) is 0 Å². The number of thiophene rings is 1. The minimum atomic E-state index is -0.930. The second kappa shape index (κ2) is 8.88. The van der Waals surface area contributed by atoms with Gasteiger partial charge in [-0.2, -0.15) is 4.55 Å². The van der Waals surface area contributed by atoms with Gasteiger partial charge in [0, 0.05) is 22.7 Å². The Labute approximate surface area is 176 Å². The second-order valence-corrected chi connectivity index (χ2v) is 10.5. The fourth-order valence-electron chi connectivity index (χ4n) is 3.29. The number of fused-ring (bicyclic) bond motifs is 1. The Morgan fingerprint density at radius 1 is 1.18 bits per heavy atom. The molecule has 1 aromatic carbocycles. The van der Waals surface area contributed by atoms with Crippen LogP contribution in [0.15, 0.2) is 46.7 Å². The van der Waals surface area contributed by atoms with E-state index in [1.165, 1.54) is 16.2 Å². The first-order valence-electron chi connectivity index (χ1n) is 9.31. The summed E-state index contributed by atoms with van der Waals surface area (Å²) in [4.78, 5) is 7.01. The number of allylic oxidation sites excluding steroid dienone is 1. The monoisotopic (exact) mass is 431 g/mol. The molecule has 7 heteroatoms. The van der Waals surface area contributed by atoms with Crippen molar-refractivity contribution in [3.63, 3.8) is 0 Å². The summed E-state index contributed by atoms with van der Waals surface area (Å²) >= 11 is 2.41. The lowest BCUT2D eigenvalue weighted by Crippen LogP contribution is -2.07. The summed E-state index contributed by atoms with van der Waals surface area (Å²) in [5.74, 6) is 1.71. The average Bonchev–Trinajstić information content (AvgIpc) is 3.37. The van der Waals surface area contributed by atoms with Crippen molar-refractivity contribution in [1.29, 1.82) is 0 Å². The third kappa shape index (κ3) is 3.95. The van der Waals surface area contributed by atoms with E-state index in [0.29, 0.717) is 17.9 Å². The van der Waals surface area contributed by atoms with Crippen LogP contribution >= 0.6 is 23.1 Å². The van der Waals surface area contributed by atoms with Gasteiger partial charge in [-0.25, -0.2) is 4.98 Å². The molecule has 2 aromatic heterocycles. The van der Waals surface area contributed by atoms with Gasteiger partial charge in [0.2, 0.25) is 0 Å². The zero-order valence-corrected chi connectivity index (χ0v) is 17.9. The molecule has 3 heterocycles. The molecule has 0 radical (unpaired) electrons. The molecule has 0 saturated heterocycles. The van der Waals surface area contributed by atoms with E-state index in [4.69, 9.17) is 15.8 Å². The van der Waals surface area contributed by atoms with Gasteiger partial charge in [0.15, 0.2) is 11.2 Å². The number of aliphatic hydroxyl groups excluding tert-OH is 1. The maximum Gasteiger partial charge on any atom is 0.269 e. The highest BCUT2D eigenvalue weighted by molar-refractivity contribution is 8.08. The number of nitrogen functional groups attached to an aromatic ring is 1. The predicted octanol–water partition coefficient (Wildman–Crippen LogP) is 5.25. The number of hydrogen-bond donors (Lipinski definition) is 3. The highest BCUT2D eigenvalue weighted by Gasteiger charge is 2.30. The molecule has 0 saturated carbocycles. The quantitative estimate of drug-likeness (QED) is 0.352. The van der Waals surface area contributed by atoms with Crippen LogP contribution in [0.4, 0.5) is 5.69 Å². The lowest BCUT2D eigenvalue weighted by Gasteiger charge is -2.08. The highest BCUT2D eigenvalue weighted by Crippen LogP contribution is 2.44. The summed E-state index contributed by atoms with van der Waals surface area (Å²) in [7, 11) is 0. The number of nitrogens with zero attached hydrogens (tertiary/aromatic N) is 1. The Balaban J connectivity index is 1.84. The molecule has 1 atom stereocenters. The third-order valence-corrected chi connectivity index (χ3v) is 8.84. The normalized spacial score (nSPS) is 15.1. The summed E-state index contributed by atoms with van der Waals surface area (Å²) in [6.45, 7) is 0.148. The first-order valence-corrected chi connectivity index (χ1v) is 12.5. The van der Waals surface area contributed by atoms with Crippen molar-refractivity contribution in [1.82, 2.24) is 4.98 Å². The lowest BCUT2D eigenvalue weighted by molar-refractivity contribution is 0.287. The van der Waals surface area contributed by atoms with Crippen LogP contribution < -0.4 is 5.73 Å². The number of benzene rings is 1. The van der Waals surface area contributed by atoms with Gasteiger partial charge in [-0.3, -0.25) is 0 Å². The molecule has 4 N–H and O–H groups in total. The topological polar surface area (TPSA) is 79.4 Å². The molecule has 0 fully saturated rings. The molecule has 1 aliphatic heterocycles. The molecule has 0 aliphatic carbocycles. The number of aromatic nitrogens is 1. The van der Waals surface area contributed by atoms with Crippen molar-refractivity contribution in [3.05, 3.63) is 48.2 Å². The van der Waals surface area contributed by atoms with Crippen molar-refractivity contribution in [3.8, 4) is 11.1 Å². The minimum Gasteiger partial charge on any atom is -0.396 e. The molecule has 28 heavy (non-hydrogen) atoms. The van der Waals surface area contributed by atoms with E-state index >= 15 is 0 Å². The molecule has 146 valence electrons. The first-order chi connectivity index (χ1) is 13.7. The van der Waals surface area contributed by atoms with Crippen LogP contribution in [0.25, 0.3) is 26.2 Å². The number of thioether (sulfide) groups is 1. The lowest BCUT2D eigenvalue weighted by atomic mass is 10.0. The Morgan fingerprint density at radius 2 is 2.00 bits per heavy atom. The Hall–Kier alpha value is -1.51. The Bertz CT molecular complexity index is 1000. The number of anilines is 1. The number of nitrogens with two attached hydrogens (primary N) is 1. The summed E-state index contributed by atoms with van der Waals surface area (Å²) in [6, 6.07) is 12.4. The minimum absolute atomic E-state index is 0.148. The van der Waals surface area contributed by atoms with E-state index in [9.17, 15) is 4.55 Å². The molecular formula is C21H23N2O2S3+. The number of rotatable bonds is 7. The van der Waals surface area contributed by atoms with Gasteiger partial charge in [-0.1, -0.05) is 47.7 Å². The number of hydrogen-bond acceptors (Lipinski definition) is 6. The van der Waals surface area contributed by atoms with Crippen LogP contribution in [0.1, 0.15) is 25.0 Å². The fraction of sp³-hybridized carbons (Fsp3) is 0.286. The van der Waals surface area contributed by atoms with Crippen molar-refractivity contribution >= 4 is 55.1 Å². The van der Waals surface area contributed by atoms with Gasteiger partial charge in [-0.15, -0.1) is 11.8 Å². The van der Waals surface area contributed by atoms with Crippen molar-refractivity contribution in [2.75, 3.05) is 23.8 Å². The van der Waals surface area contributed by atoms with E-state index in [1.807, 2.05) is 30.0 Å². The van der Waals surface area contributed by atoms with Gasteiger partial charge >= 0.3 is 0 Å². The fourth-order valence-corrected chi connectivity index (χ4v) is 6.97. The van der Waals surface area contributed by atoms with Gasteiger partial charge in [0.1, 0.15) is 16.3 Å². The van der Waals surface area contributed by atoms with Crippen molar-refractivity contribution < 1.29 is 9.66 Å². The van der Waals surface area contributed by atoms with Crippen LogP contribution in [0.3, 0.4) is 0 Å². The van der Waals surface area contributed by atoms with Gasteiger partial charge < -0.3 is 10.8 Å². The predicted molar refractivity (Wildman–Crippen MR) is 124 cm³/mol. The zero-order chi connectivity index (χ0) is 19.5. The Morgan fingerprint density at radius 3 is 2.71 bits per heavy atom. The smallest absolute Gasteiger partial charge is 0.269 e. The SMILES string of the molecule is Nc1c([S+](O)CCCCO)sc2nc(C3=CCCS3)cc(-c3ccccc3)c12. The van der Waals surface area contributed by atoms with Crippen LogP contribution in [-0.2, 0) is 11.2 Å². The van der Waals surface area contributed by atoms with E-state index in [-0.39, 0.29) is 6.61 Å². The maximum absolute atomic E-state index is 10.7. The average molecular weight is 432 g/mol. The largest absolute Gasteiger partial charge is 0.396 e. The highest BCUT2D eigenvalue weighted by atomic mass is 32.2. The molecule has 1 unspecified atom stereocenters. The zero-order valence-electron chi connectivity index (χ0n) is 15.4. The summed E-state index contributed by atoms with van der Waals surface area (Å²) < 4.78 is 11.5. The first kappa shape index (κ1) is 19.8. The van der Waals surface area contributed by atoms with E-state index in [1.54, 1.807) is 0 Å². The van der Waals surface area contributed by atoms with Crippen LogP contribution in [0, 0.1) is 0 Å². The van der Waals surface area contributed by atoms with Crippen molar-refractivity contribution in [2.24, 2.45) is 0 Å². The third-order valence-electron chi connectivity index (χ3n) is 4.67. The molecule has 0 bridgehead atoms. The van der Waals surface area contributed by atoms with Gasteiger partial charge in [-0.05, 0) is 36.5 Å². The molecule has 3 aromatic rings. The standard InChI is InChI=1S/C21H23N2O2S3/c22-19-18-15(14-7-2-1-3-8-14)13-16(17-9-6-11-26-17)23-20(18)27-21(19)28(25)12-5-4-10-24/h1-3,7-9,13,24-25H,4-6,10-12,22H2/q+1. The van der Waals surface area contributed by atoms with Crippen LogP contribution in [-0.4, -0.2) is 32.8 Å². The molecule has 1 aliphatic rings. The Kier molecular flexibility index (Phi) is 6.28. The number of pyridine rings is 1. The second-order valence-electron chi connectivity index (χ2n) is 6.61. The molecule has 4 rings (SSSR count). The summed E-state index contributed by atoms with van der Waals surface area (Å²) in [6.07, 6.45) is 4.79. The van der Waals surface area contributed by atoms with E-state index in [2.05, 4.69) is 24.3 Å². The van der Waals surface area contributed by atoms with Crippen molar-refractivity contribution in [2.45, 2.75) is 23.5 Å². The number of aliphatic hydroxyl groups is 1. The number of unbranched alkanes of at least 4 members (excludes halogenated alkanes) is 1. The van der Waals surface area contributed by atoms with E-state index in [0.717, 1.165) is 49.8 Å².